The molecule has 2 aromatic rings. The molecule has 10 heteroatoms. The molecule has 122 valence electrons. The number of aromatic nitrogens is 2. The number of rotatable bonds is 4. The van der Waals surface area contributed by atoms with Crippen molar-refractivity contribution in [1.82, 2.24) is 9.97 Å². The standard InChI is InChI=1S/C13H10ClF3N4OS/c14-9-5-11(21-12(18)20-9)23-6-10(22)19-8-3-1-2-7(4-8)13(15,16)17/h1-5H,6H2,(H,19,22)(H2,18,20,21). The second-order valence-electron chi connectivity index (χ2n) is 4.30. The van der Waals surface area contributed by atoms with Crippen molar-refractivity contribution in [2.45, 2.75) is 11.2 Å². The van der Waals surface area contributed by atoms with Gasteiger partial charge in [-0.1, -0.05) is 29.4 Å². The molecular weight excluding hydrogens is 353 g/mol. The van der Waals surface area contributed by atoms with Crippen LogP contribution < -0.4 is 11.1 Å². The van der Waals surface area contributed by atoms with Gasteiger partial charge in [0.15, 0.2) is 0 Å². The van der Waals surface area contributed by atoms with Crippen LogP contribution in [0, 0.1) is 0 Å². The molecule has 0 aliphatic rings. The van der Waals surface area contributed by atoms with Gasteiger partial charge >= 0.3 is 6.18 Å². The number of alkyl halides is 3. The molecule has 0 radical (unpaired) electrons. The number of amides is 1. The highest BCUT2D eigenvalue weighted by atomic mass is 35.5. The predicted octanol–water partition coefficient (Wildman–Crippen LogP) is 3.46. The molecule has 0 fully saturated rings. The smallest absolute Gasteiger partial charge is 0.368 e. The number of hydrogen-bond acceptors (Lipinski definition) is 5. The van der Waals surface area contributed by atoms with Crippen LogP contribution in [0.1, 0.15) is 5.56 Å². The molecule has 2 rings (SSSR count). The van der Waals surface area contributed by atoms with Gasteiger partial charge in [0.2, 0.25) is 11.9 Å². The highest BCUT2D eigenvalue weighted by Gasteiger charge is 2.30. The van der Waals surface area contributed by atoms with Gasteiger partial charge < -0.3 is 11.1 Å². The number of nitrogens with two attached hydrogens (primary N) is 1. The first kappa shape index (κ1) is 17.4. The van der Waals surface area contributed by atoms with Crippen LogP contribution in [0.5, 0.6) is 0 Å². The Kier molecular flexibility index (Phi) is 5.32. The molecule has 1 aromatic heterocycles. The number of nitrogen functional groups attached to an aromatic ring is 1. The number of carbonyl (C=O) groups is 1. The third-order valence-corrected chi connectivity index (χ3v) is 3.62. The molecule has 1 heterocycles. The van der Waals surface area contributed by atoms with Crippen LogP contribution in [0.3, 0.4) is 0 Å². The Morgan fingerprint density at radius 1 is 1.30 bits per heavy atom. The Labute approximate surface area is 138 Å². The third-order valence-electron chi connectivity index (χ3n) is 2.51. The maximum atomic E-state index is 12.6. The van der Waals surface area contributed by atoms with E-state index in [1.807, 2.05) is 0 Å². The average molecular weight is 363 g/mol. The molecule has 1 amide bonds. The Bertz CT molecular complexity index is 706. The first-order valence-corrected chi connectivity index (χ1v) is 7.50. The fourth-order valence-electron chi connectivity index (χ4n) is 1.60. The summed E-state index contributed by atoms with van der Waals surface area (Å²) in [7, 11) is 0. The molecular formula is C13H10ClF3N4OS. The van der Waals surface area contributed by atoms with Crippen molar-refractivity contribution < 1.29 is 18.0 Å². The van der Waals surface area contributed by atoms with E-state index >= 15 is 0 Å². The molecule has 0 atom stereocenters. The molecule has 0 saturated heterocycles. The Morgan fingerprint density at radius 2 is 2.04 bits per heavy atom. The monoisotopic (exact) mass is 362 g/mol. The van der Waals surface area contributed by atoms with Crippen LogP contribution in [-0.4, -0.2) is 21.6 Å². The van der Waals surface area contributed by atoms with Gasteiger partial charge in [-0.05, 0) is 18.2 Å². The van der Waals surface area contributed by atoms with Gasteiger partial charge in [0.05, 0.1) is 11.3 Å². The highest BCUT2D eigenvalue weighted by molar-refractivity contribution is 7.99. The molecule has 0 aliphatic carbocycles. The van der Waals surface area contributed by atoms with Crippen LogP contribution >= 0.6 is 23.4 Å². The molecule has 1 aromatic carbocycles. The summed E-state index contributed by atoms with van der Waals surface area (Å²) in [6.45, 7) is 0. The highest BCUT2D eigenvalue weighted by Crippen LogP contribution is 2.30. The zero-order valence-electron chi connectivity index (χ0n) is 11.4. The van der Waals surface area contributed by atoms with Crippen molar-refractivity contribution in [3.8, 4) is 0 Å². The normalized spacial score (nSPS) is 11.3. The van der Waals surface area contributed by atoms with Crippen LogP contribution in [0.4, 0.5) is 24.8 Å². The van der Waals surface area contributed by atoms with Crippen molar-refractivity contribution in [3.63, 3.8) is 0 Å². The Balaban J connectivity index is 1.97. The maximum Gasteiger partial charge on any atom is 0.416 e. The van der Waals surface area contributed by atoms with Gasteiger partial charge in [0, 0.05) is 11.8 Å². The molecule has 0 aliphatic heterocycles. The first-order chi connectivity index (χ1) is 10.7. The predicted molar refractivity (Wildman–Crippen MR) is 82.3 cm³/mol. The van der Waals surface area contributed by atoms with Crippen molar-refractivity contribution in [1.29, 1.82) is 0 Å². The van der Waals surface area contributed by atoms with E-state index in [1.165, 1.54) is 18.2 Å². The molecule has 0 saturated carbocycles. The lowest BCUT2D eigenvalue weighted by atomic mass is 10.2. The van der Waals surface area contributed by atoms with Crippen molar-refractivity contribution in [2.75, 3.05) is 16.8 Å². The summed E-state index contributed by atoms with van der Waals surface area (Å²) < 4.78 is 37.8. The second-order valence-corrected chi connectivity index (χ2v) is 5.69. The third kappa shape index (κ3) is 5.29. The number of hydrogen-bond donors (Lipinski definition) is 2. The molecule has 0 bridgehead atoms. The van der Waals surface area contributed by atoms with Gasteiger partial charge in [0.25, 0.3) is 0 Å². The van der Waals surface area contributed by atoms with Crippen molar-refractivity contribution >= 4 is 40.9 Å². The average Bonchev–Trinajstić information content (AvgIpc) is 2.43. The summed E-state index contributed by atoms with van der Waals surface area (Å²) in [4.78, 5) is 19.3. The Morgan fingerprint density at radius 3 is 2.70 bits per heavy atom. The minimum atomic E-state index is -4.47. The SMILES string of the molecule is Nc1nc(Cl)cc(SCC(=O)Nc2cccc(C(F)(F)F)c2)n1. The number of nitrogens with zero attached hydrogens (tertiary/aromatic N) is 2. The number of halogens is 4. The summed E-state index contributed by atoms with van der Waals surface area (Å²) in [5.41, 5.74) is 4.65. The van der Waals surface area contributed by atoms with Gasteiger partial charge in [-0.2, -0.15) is 13.2 Å². The first-order valence-electron chi connectivity index (χ1n) is 6.14. The molecule has 23 heavy (non-hydrogen) atoms. The minimum absolute atomic E-state index is 0.0294. The number of thioether (sulfide) groups is 1. The molecule has 5 nitrogen and oxygen atoms in total. The van der Waals surface area contributed by atoms with E-state index in [9.17, 15) is 18.0 Å². The summed E-state index contributed by atoms with van der Waals surface area (Å²) in [6.07, 6.45) is -4.47. The molecule has 0 unspecified atom stereocenters. The number of anilines is 2. The fraction of sp³-hybridized carbons (Fsp3) is 0.154. The van der Waals surface area contributed by atoms with E-state index in [0.717, 1.165) is 23.9 Å². The number of benzene rings is 1. The van der Waals surface area contributed by atoms with Gasteiger partial charge in [-0.15, -0.1) is 0 Å². The number of nitrogens with one attached hydrogen (secondary N) is 1. The summed E-state index contributed by atoms with van der Waals surface area (Å²) in [6, 6.07) is 5.81. The quantitative estimate of drug-likeness (QED) is 0.643. The second kappa shape index (κ2) is 7.05. The summed E-state index contributed by atoms with van der Waals surface area (Å²) in [5, 5.41) is 2.91. The lowest BCUT2D eigenvalue weighted by Crippen LogP contribution is -2.15. The van der Waals surface area contributed by atoms with E-state index in [1.54, 1.807) is 0 Å². The van der Waals surface area contributed by atoms with E-state index in [-0.39, 0.29) is 22.5 Å². The van der Waals surface area contributed by atoms with Gasteiger partial charge in [0.1, 0.15) is 10.2 Å². The number of carbonyl (C=O) groups excluding carboxylic acids is 1. The molecule has 3 N–H and O–H groups in total. The Hall–Kier alpha value is -2.00. The van der Waals surface area contributed by atoms with Crippen molar-refractivity contribution in [3.05, 3.63) is 41.0 Å². The van der Waals surface area contributed by atoms with E-state index in [2.05, 4.69) is 15.3 Å². The summed E-state index contributed by atoms with van der Waals surface area (Å²) in [5.74, 6) is -0.579. The maximum absolute atomic E-state index is 12.6. The topological polar surface area (TPSA) is 80.9 Å². The van der Waals surface area contributed by atoms with Crippen molar-refractivity contribution in [2.24, 2.45) is 0 Å². The van der Waals surface area contributed by atoms with Crippen LogP contribution in [0.25, 0.3) is 0 Å². The van der Waals surface area contributed by atoms with Crippen LogP contribution in [0.15, 0.2) is 35.4 Å². The van der Waals surface area contributed by atoms with E-state index in [0.29, 0.717) is 5.03 Å². The lowest BCUT2D eigenvalue weighted by molar-refractivity contribution is -0.137. The van der Waals surface area contributed by atoms with Gasteiger partial charge in [-0.25, -0.2) is 9.97 Å². The molecule has 0 spiro atoms. The zero-order valence-corrected chi connectivity index (χ0v) is 13.0. The van der Waals surface area contributed by atoms with Crippen LogP contribution in [-0.2, 0) is 11.0 Å². The lowest BCUT2D eigenvalue weighted by Gasteiger charge is -2.09. The zero-order chi connectivity index (χ0) is 17.0. The minimum Gasteiger partial charge on any atom is -0.368 e. The largest absolute Gasteiger partial charge is 0.416 e. The fourth-order valence-corrected chi connectivity index (χ4v) is 2.56. The summed E-state index contributed by atoms with van der Waals surface area (Å²) >= 11 is 6.74. The van der Waals surface area contributed by atoms with Crippen LogP contribution in [0.2, 0.25) is 5.15 Å². The van der Waals surface area contributed by atoms with E-state index < -0.39 is 17.6 Å². The van der Waals surface area contributed by atoms with E-state index in [4.69, 9.17) is 17.3 Å². The van der Waals surface area contributed by atoms with Gasteiger partial charge in [-0.3, -0.25) is 4.79 Å².